The first-order valence-electron chi connectivity index (χ1n) is 5.71. The molecule has 1 saturated carbocycles. The molecule has 0 aromatic rings. The predicted octanol–water partition coefficient (Wildman–Crippen LogP) is 2.32. The van der Waals surface area contributed by atoms with Crippen molar-refractivity contribution >= 4 is 0 Å². The number of ether oxygens (including phenoxy) is 1. The van der Waals surface area contributed by atoms with Crippen LogP contribution in [0.4, 0.5) is 0 Å². The van der Waals surface area contributed by atoms with Gasteiger partial charge in [0.25, 0.3) is 0 Å². The average molecular weight is 185 g/mol. The van der Waals surface area contributed by atoms with Gasteiger partial charge in [0.1, 0.15) is 0 Å². The molecule has 2 nitrogen and oxygen atoms in total. The predicted molar refractivity (Wildman–Crippen MR) is 55.7 cm³/mol. The van der Waals surface area contributed by atoms with E-state index in [2.05, 4.69) is 0 Å². The van der Waals surface area contributed by atoms with Crippen LogP contribution in [0.25, 0.3) is 0 Å². The molecule has 0 amide bonds. The van der Waals surface area contributed by atoms with Crippen molar-refractivity contribution < 1.29 is 4.74 Å². The van der Waals surface area contributed by atoms with Crippen LogP contribution in [0.1, 0.15) is 44.9 Å². The molecule has 0 spiro atoms. The number of unbranched alkanes of at least 4 members (excludes halogenated alkanes) is 1. The fourth-order valence-corrected chi connectivity index (χ4v) is 1.95. The minimum Gasteiger partial charge on any atom is -0.381 e. The minimum atomic E-state index is 0.798. The highest BCUT2D eigenvalue weighted by Gasteiger charge is 2.12. The minimum absolute atomic E-state index is 0.798. The number of hydrogen-bond donors (Lipinski definition) is 1. The van der Waals surface area contributed by atoms with Crippen LogP contribution in [0.5, 0.6) is 0 Å². The van der Waals surface area contributed by atoms with Gasteiger partial charge in [-0.2, -0.15) is 0 Å². The molecule has 1 aliphatic carbocycles. The second-order valence-corrected chi connectivity index (χ2v) is 4.07. The summed E-state index contributed by atoms with van der Waals surface area (Å²) in [6, 6.07) is 0. The Labute approximate surface area is 81.8 Å². The number of nitrogens with two attached hydrogens (primary N) is 1. The largest absolute Gasteiger partial charge is 0.381 e. The molecule has 0 unspecified atom stereocenters. The Morgan fingerprint density at radius 3 is 2.54 bits per heavy atom. The van der Waals surface area contributed by atoms with Crippen molar-refractivity contribution in [1.82, 2.24) is 0 Å². The molecule has 0 atom stereocenters. The molecule has 0 radical (unpaired) electrons. The summed E-state index contributed by atoms with van der Waals surface area (Å²) in [5.41, 5.74) is 5.40. The summed E-state index contributed by atoms with van der Waals surface area (Å²) in [4.78, 5) is 0. The Hall–Kier alpha value is -0.0800. The van der Waals surface area contributed by atoms with E-state index in [-0.39, 0.29) is 0 Å². The van der Waals surface area contributed by atoms with E-state index in [9.17, 15) is 0 Å². The van der Waals surface area contributed by atoms with Gasteiger partial charge in [-0.3, -0.25) is 0 Å². The maximum absolute atomic E-state index is 5.62. The van der Waals surface area contributed by atoms with Gasteiger partial charge in [-0.1, -0.05) is 19.3 Å². The van der Waals surface area contributed by atoms with Gasteiger partial charge in [0.15, 0.2) is 0 Å². The topological polar surface area (TPSA) is 35.2 Å². The van der Waals surface area contributed by atoms with Gasteiger partial charge in [0.05, 0.1) is 0 Å². The molecular weight excluding hydrogens is 162 g/mol. The maximum Gasteiger partial charge on any atom is 0.0494 e. The molecule has 0 aliphatic heterocycles. The molecule has 13 heavy (non-hydrogen) atoms. The van der Waals surface area contributed by atoms with Crippen LogP contribution in [0.2, 0.25) is 0 Å². The highest BCUT2D eigenvalue weighted by Crippen LogP contribution is 2.23. The van der Waals surface area contributed by atoms with Gasteiger partial charge in [0, 0.05) is 13.2 Å². The van der Waals surface area contributed by atoms with Crippen LogP contribution in [0, 0.1) is 5.92 Å². The first-order valence-corrected chi connectivity index (χ1v) is 5.71. The molecule has 2 N–H and O–H groups in total. The van der Waals surface area contributed by atoms with Gasteiger partial charge >= 0.3 is 0 Å². The molecule has 78 valence electrons. The third-order valence-electron chi connectivity index (χ3n) is 2.82. The Morgan fingerprint density at radius 1 is 1.08 bits per heavy atom. The van der Waals surface area contributed by atoms with Crippen LogP contribution < -0.4 is 5.73 Å². The first kappa shape index (κ1) is 11.0. The molecule has 2 heteroatoms. The quantitative estimate of drug-likeness (QED) is 0.645. The standard InChI is InChI=1S/C11H23NO/c12-8-4-5-9-13-10-11-6-2-1-3-7-11/h11H,1-10,12H2. The lowest BCUT2D eigenvalue weighted by atomic mass is 9.90. The molecule has 0 aromatic carbocycles. The number of rotatable bonds is 6. The summed E-state index contributed by atoms with van der Waals surface area (Å²) in [6.45, 7) is 2.70. The van der Waals surface area contributed by atoms with Crippen LogP contribution in [0.15, 0.2) is 0 Å². The van der Waals surface area contributed by atoms with Crippen molar-refractivity contribution in [2.45, 2.75) is 44.9 Å². The van der Waals surface area contributed by atoms with E-state index in [0.29, 0.717) is 0 Å². The van der Waals surface area contributed by atoms with Crippen molar-refractivity contribution in [3.05, 3.63) is 0 Å². The van der Waals surface area contributed by atoms with E-state index >= 15 is 0 Å². The van der Waals surface area contributed by atoms with E-state index in [1.807, 2.05) is 0 Å². The molecule has 0 bridgehead atoms. The lowest BCUT2D eigenvalue weighted by molar-refractivity contribution is 0.0830. The average Bonchev–Trinajstić information content (AvgIpc) is 2.19. The van der Waals surface area contributed by atoms with Crippen molar-refractivity contribution in [3.63, 3.8) is 0 Å². The summed E-state index contributed by atoms with van der Waals surface area (Å²) in [5, 5.41) is 0. The zero-order chi connectivity index (χ0) is 9.36. The van der Waals surface area contributed by atoms with Crippen LogP contribution >= 0.6 is 0 Å². The van der Waals surface area contributed by atoms with Crippen molar-refractivity contribution in [2.24, 2.45) is 11.7 Å². The summed E-state index contributed by atoms with van der Waals surface area (Å²) in [7, 11) is 0. The third kappa shape index (κ3) is 5.27. The fourth-order valence-electron chi connectivity index (χ4n) is 1.95. The van der Waals surface area contributed by atoms with Crippen LogP contribution in [-0.2, 0) is 4.74 Å². The number of hydrogen-bond acceptors (Lipinski definition) is 2. The third-order valence-corrected chi connectivity index (χ3v) is 2.82. The van der Waals surface area contributed by atoms with E-state index in [4.69, 9.17) is 10.5 Å². The van der Waals surface area contributed by atoms with Gasteiger partial charge in [-0.05, 0) is 38.1 Å². The molecule has 1 aliphatic rings. The maximum atomic E-state index is 5.62. The van der Waals surface area contributed by atoms with Crippen LogP contribution in [-0.4, -0.2) is 19.8 Å². The molecule has 0 heterocycles. The van der Waals surface area contributed by atoms with Gasteiger partial charge < -0.3 is 10.5 Å². The normalized spacial score (nSPS) is 19.2. The second kappa shape index (κ2) is 7.34. The van der Waals surface area contributed by atoms with E-state index in [1.54, 1.807) is 0 Å². The van der Waals surface area contributed by atoms with E-state index < -0.39 is 0 Å². The smallest absolute Gasteiger partial charge is 0.0494 e. The van der Waals surface area contributed by atoms with Crippen molar-refractivity contribution in [3.8, 4) is 0 Å². The highest BCUT2D eigenvalue weighted by molar-refractivity contribution is 4.64. The second-order valence-electron chi connectivity index (χ2n) is 4.07. The summed E-state index contributed by atoms with van der Waals surface area (Å²) < 4.78 is 5.62. The first-order chi connectivity index (χ1) is 6.43. The molecule has 1 rings (SSSR count). The molecular formula is C11H23NO. The molecule has 1 fully saturated rings. The Bertz CT molecular complexity index is 111. The fraction of sp³-hybridized carbons (Fsp3) is 1.00. The Balaban J connectivity index is 1.86. The van der Waals surface area contributed by atoms with Gasteiger partial charge in [0.2, 0.25) is 0 Å². The summed E-state index contributed by atoms with van der Waals surface area (Å²) in [5.74, 6) is 0.853. The monoisotopic (exact) mass is 185 g/mol. The van der Waals surface area contributed by atoms with E-state index in [0.717, 1.165) is 38.5 Å². The van der Waals surface area contributed by atoms with Gasteiger partial charge in [-0.25, -0.2) is 0 Å². The Kier molecular flexibility index (Phi) is 6.21. The highest BCUT2D eigenvalue weighted by atomic mass is 16.5. The van der Waals surface area contributed by atoms with E-state index in [1.165, 1.54) is 32.1 Å². The SMILES string of the molecule is NCCCCOCC1CCCCC1. The lowest BCUT2D eigenvalue weighted by Gasteiger charge is -2.21. The lowest BCUT2D eigenvalue weighted by Crippen LogP contribution is -2.14. The molecule has 0 aromatic heterocycles. The zero-order valence-electron chi connectivity index (χ0n) is 8.63. The van der Waals surface area contributed by atoms with Crippen molar-refractivity contribution in [1.29, 1.82) is 0 Å². The summed E-state index contributed by atoms with van der Waals surface area (Å²) in [6.07, 6.45) is 9.26. The Morgan fingerprint density at radius 2 is 1.85 bits per heavy atom. The molecule has 0 saturated heterocycles. The zero-order valence-corrected chi connectivity index (χ0v) is 8.63. The van der Waals surface area contributed by atoms with Gasteiger partial charge in [-0.15, -0.1) is 0 Å². The van der Waals surface area contributed by atoms with Crippen molar-refractivity contribution in [2.75, 3.05) is 19.8 Å². The van der Waals surface area contributed by atoms with Crippen LogP contribution in [0.3, 0.4) is 0 Å². The summed E-state index contributed by atoms with van der Waals surface area (Å²) >= 11 is 0.